The molecule has 1 saturated heterocycles. The molecule has 1 aliphatic heterocycles. The number of para-hydroxylation sites is 1. The average Bonchev–Trinajstić information content (AvgIpc) is 3.65. The van der Waals surface area contributed by atoms with Crippen LogP contribution in [-0.2, 0) is 4.74 Å². The summed E-state index contributed by atoms with van der Waals surface area (Å²) in [5.41, 5.74) is 5.85. The quantitative estimate of drug-likeness (QED) is 0.356. The summed E-state index contributed by atoms with van der Waals surface area (Å²) in [5, 5.41) is 9.69. The minimum Gasteiger partial charge on any atom is -0.379 e. The molecular formula is C29H29N5O2S. The Hall–Kier alpha value is -3.59. The van der Waals surface area contributed by atoms with Crippen molar-refractivity contribution in [1.82, 2.24) is 20.3 Å². The maximum atomic E-state index is 12.5. The van der Waals surface area contributed by atoms with Gasteiger partial charge in [-0.05, 0) is 55.2 Å². The van der Waals surface area contributed by atoms with Crippen molar-refractivity contribution in [3.05, 3.63) is 82.5 Å². The standard InChI is InChI=1S/C29H29N5O2S/c1-20-7-8-22(29(35)32-24-11-12-24)17-21(20)9-10-23-18-37-27-26(23)30-19-31-28(27)34(25-5-3-2-4-6-25)33-13-15-36-16-14-33/h2-10,17-19,24H,11-16H2,1H3,(H,32,35)/b10-9+. The van der Waals surface area contributed by atoms with E-state index in [1.165, 1.54) is 0 Å². The number of hydrogen-bond donors (Lipinski definition) is 1. The van der Waals surface area contributed by atoms with Gasteiger partial charge in [-0.1, -0.05) is 36.4 Å². The Morgan fingerprint density at radius 2 is 1.86 bits per heavy atom. The Morgan fingerprint density at radius 3 is 2.65 bits per heavy atom. The zero-order chi connectivity index (χ0) is 25.2. The van der Waals surface area contributed by atoms with Crippen molar-refractivity contribution in [1.29, 1.82) is 0 Å². The van der Waals surface area contributed by atoms with E-state index in [1.54, 1.807) is 17.7 Å². The summed E-state index contributed by atoms with van der Waals surface area (Å²) in [6, 6.07) is 16.5. The van der Waals surface area contributed by atoms with Gasteiger partial charge in [0.25, 0.3) is 5.91 Å². The number of anilines is 2. The summed E-state index contributed by atoms with van der Waals surface area (Å²) in [5.74, 6) is 0.873. The molecule has 0 unspecified atom stereocenters. The fourth-order valence-corrected chi connectivity index (χ4v) is 5.47. The molecule has 2 aromatic carbocycles. The molecule has 1 N–H and O–H groups in total. The molecule has 37 heavy (non-hydrogen) atoms. The molecule has 188 valence electrons. The van der Waals surface area contributed by atoms with Gasteiger partial charge in [-0.25, -0.2) is 15.0 Å². The van der Waals surface area contributed by atoms with Gasteiger partial charge in [0.05, 0.1) is 29.1 Å². The maximum absolute atomic E-state index is 12.5. The van der Waals surface area contributed by atoms with Crippen LogP contribution < -0.4 is 10.3 Å². The van der Waals surface area contributed by atoms with Crippen molar-refractivity contribution in [2.75, 3.05) is 31.3 Å². The summed E-state index contributed by atoms with van der Waals surface area (Å²) in [4.78, 5) is 21.9. The van der Waals surface area contributed by atoms with Gasteiger partial charge in [-0.15, -0.1) is 11.3 Å². The van der Waals surface area contributed by atoms with Crippen LogP contribution >= 0.6 is 11.3 Å². The summed E-state index contributed by atoms with van der Waals surface area (Å²) in [6.07, 6.45) is 7.96. The fourth-order valence-electron chi connectivity index (χ4n) is 4.51. The summed E-state index contributed by atoms with van der Waals surface area (Å²) in [7, 11) is 0. The number of aromatic nitrogens is 2. The van der Waals surface area contributed by atoms with Gasteiger partial charge in [0.1, 0.15) is 6.33 Å². The lowest BCUT2D eigenvalue weighted by atomic mass is 10.0. The van der Waals surface area contributed by atoms with Gasteiger partial charge < -0.3 is 10.1 Å². The van der Waals surface area contributed by atoms with Gasteiger partial charge >= 0.3 is 0 Å². The van der Waals surface area contributed by atoms with Crippen LogP contribution in [0.5, 0.6) is 0 Å². The van der Waals surface area contributed by atoms with Crippen molar-refractivity contribution in [3.63, 3.8) is 0 Å². The second kappa shape index (κ2) is 10.4. The Morgan fingerprint density at radius 1 is 1.08 bits per heavy atom. The van der Waals surface area contributed by atoms with E-state index in [-0.39, 0.29) is 5.91 Å². The van der Waals surface area contributed by atoms with Gasteiger partial charge in [0.15, 0.2) is 5.82 Å². The highest BCUT2D eigenvalue weighted by molar-refractivity contribution is 7.18. The first-order chi connectivity index (χ1) is 18.2. The van der Waals surface area contributed by atoms with Crippen LogP contribution in [0.3, 0.4) is 0 Å². The van der Waals surface area contributed by atoms with Crippen molar-refractivity contribution >= 4 is 51.1 Å². The van der Waals surface area contributed by atoms with Crippen molar-refractivity contribution < 1.29 is 9.53 Å². The second-order valence-electron chi connectivity index (χ2n) is 9.43. The SMILES string of the molecule is Cc1ccc(C(=O)NC2CC2)cc1/C=C/c1csc2c(N(c3ccccc3)N3CCOCC3)ncnc12. The molecule has 0 bridgehead atoms. The van der Waals surface area contributed by atoms with Crippen molar-refractivity contribution in [2.24, 2.45) is 0 Å². The first-order valence-electron chi connectivity index (χ1n) is 12.7. The van der Waals surface area contributed by atoms with E-state index in [0.717, 1.165) is 64.3 Å². The molecule has 2 aromatic heterocycles. The number of benzene rings is 2. The number of fused-ring (bicyclic) bond motifs is 1. The normalized spacial score (nSPS) is 16.4. The molecule has 0 radical (unpaired) electrons. The topological polar surface area (TPSA) is 70.6 Å². The molecule has 7 nitrogen and oxygen atoms in total. The Kier molecular flexibility index (Phi) is 6.70. The summed E-state index contributed by atoms with van der Waals surface area (Å²) in [6.45, 7) is 5.03. The monoisotopic (exact) mass is 511 g/mol. The number of rotatable bonds is 7. The van der Waals surface area contributed by atoms with Crippen LogP contribution in [-0.4, -0.2) is 53.2 Å². The minimum atomic E-state index is -0.000341. The lowest BCUT2D eigenvalue weighted by Crippen LogP contribution is -2.47. The number of nitrogens with one attached hydrogen (secondary N) is 1. The summed E-state index contributed by atoms with van der Waals surface area (Å²) >= 11 is 1.65. The number of carbonyl (C=O) groups excluding carboxylic acids is 1. The number of hydrogen-bond acceptors (Lipinski definition) is 7. The maximum Gasteiger partial charge on any atom is 0.251 e. The molecular weight excluding hydrogens is 482 g/mol. The molecule has 1 saturated carbocycles. The summed E-state index contributed by atoms with van der Waals surface area (Å²) < 4.78 is 6.64. The zero-order valence-corrected chi connectivity index (χ0v) is 21.6. The molecule has 3 heterocycles. The first kappa shape index (κ1) is 23.8. The fraction of sp³-hybridized carbons (Fsp3) is 0.276. The highest BCUT2D eigenvalue weighted by Crippen LogP contribution is 2.36. The Bertz CT molecular complexity index is 1440. The van der Waals surface area contributed by atoms with Gasteiger partial charge in [0, 0.05) is 35.6 Å². The predicted octanol–water partition coefficient (Wildman–Crippen LogP) is 5.45. The lowest BCUT2D eigenvalue weighted by molar-refractivity contribution is 0.0376. The molecule has 1 aliphatic carbocycles. The zero-order valence-electron chi connectivity index (χ0n) is 20.8. The van der Waals surface area contributed by atoms with E-state index in [9.17, 15) is 4.79 Å². The molecule has 1 amide bonds. The highest BCUT2D eigenvalue weighted by atomic mass is 32.1. The number of carbonyl (C=O) groups is 1. The third kappa shape index (κ3) is 5.13. The number of aryl methyl sites for hydroxylation is 1. The molecule has 0 spiro atoms. The van der Waals surface area contributed by atoms with Crippen LogP contribution in [0.15, 0.2) is 60.2 Å². The molecule has 8 heteroatoms. The van der Waals surface area contributed by atoms with Crippen LogP contribution in [0.2, 0.25) is 0 Å². The van der Waals surface area contributed by atoms with Crippen LogP contribution in [0.1, 0.15) is 39.9 Å². The lowest BCUT2D eigenvalue weighted by Gasteiger charge is -2.38. The minimum absolute atomic E-state index is 0.000341. The van der Waals surface area contributed by atoms with Gasteiger partial charge in [0.2, 0.25) is 0 Å². The highest BCUT2D eigenvalue weighted by Gasteiger charge is 2.25. The molecule has 4 aromatic rings. The van der Waals surface area contributed by atoms with E-state index in [4.69, 9.17) is 9.72 Å². The second-order valence-corrected chi connectivity index (χ2v) is 10.3. The van der Waals surface area contributed by atoms with E-state index in [1.807, 2.05) is 36.4 Å². The van der Waals surface area contributed by atoms with Crippen molar-refractivity contribution in [3.8, 4) is 0 Å². The largest absolute Gasteiger partial charge is 0.379 e. The molecule has 2 fully saturated rings. The predicted molar refractivity (Wildman–Crippen MR) is 149 cm³/mol. The van der Waals surface area contributed by atoms with Crippen molar-refractivity contribution in [2.45, 2.75) is 25.8 Å². The first-order valence-corrected chi connectivity index (χ1v) is 13.5. The molecule has 0 atom stereocenters. The number of amides is 1. The van der Waals surface area contributed by atoms with Gasteiger partial charge in [-0.3, -0.25) is 9.80 Å². The van der Waals surface area contributed by atoms with E-state index in [0.29, 0.717) is 24.8 Å². The van der Waals surface area contributed by atoms with Crippen LogP contribution in [0.4, 0.5) is 11.5 Å². The third-order valence-electron chi connectivity index (χ3n) is 6.73. The van der Waals surface area contributed by atoms with Crippen LogP contribution in [0.25, 0.3) is 22.4 Å². The van der Waals surface area contributed by atoms with Crippen LogP contribution in [0, 0.1) is 6.92 Å². The number of hydrazine groups is 1. The number of nitrogens with zero attached hydrogens (tertiary/aromatic N) is 4. The third-order valence-corrected chi connectivity index (χ3v) is 7.71. The number of thiophene rings is 1. The molecule has 6 rings (SSSR count). The van der Waals surface area contributed by atoms with E-state index in [2.05, 4.69) is 56.9 Å². The average molecular weight is 512 g/mol. The van der Waals surface area contributed by atoms with E-state index < -0.39 is 0 Å². The van der Waals surface area contributed by atoms with E-state index >= 15 is 0 Å². The Labute approximate surface area is 220 Å². The van der Waals surface area contributed by atoms with Gasteiger partial charge in [-0.2, -0.15) is 0 Å². The molecule has 2 aliphatic rings. The number of morpholine rings is 1. The number of ether oxygens (including phenoxy) is 1. The Balaban J connectivity index is 1.33. The smallest absolute Gasteiger partial charge is 0.251 e.